The summed E-state index contributed by atoms with van der Waals surface area (Å²) in [5.41, 5.74) is -0.481. The van der Waals surface area contributed by atoms with Crippen molar-refractivity contribution >= 4 is 16.9 Å². The SMILES string of the molecule is Cc1ccc(C(C)(O)CNc2ncnc3[nH]ncc23)o1. The summed E-state index contributed by atoms with van der Waals surface area (Å²) in [4.78, 5) is 8.21. The third kappa shape index (κ3) is 2.23. The van der Waals surface area contributed by atoms with Crippen molar-refractivity contribution in [2.75, 3.05) is 11.9 Å². The molecular formula is C13H15N5O2. The van der Waals surface area contributed by atoms with Crippen LogP contribution in [0.25, 0.3) is 11.0 Å². The van der Waals surface area contributed by atoms with E-state index in [1.807, 2.05) is 13.0 Å². The molecule has 0 saturated carbocycles. The monoisotopic (exact) mass is 273 g/mol. The van der Waals surface area contributed by atoms with E-state index in [-0.39, 0.29) is 6.54 Å². The number of fused-ring (bicyclic) bond motifs is 1. The fourth-order valence-electron chi connectivity index (χ4n) is 1.97. The highest BCUT2D eigenvalue weighted by molar-refractivity contribution is 5.85. The van der Waals surface area contributed by atoms with Crippen LogP contribution in [0.4, 0.5) is 5.82 Å². The highest BCUT2D eigenvalue weighted by Gasteiger charge is 2.27. The first kappa shape index (κ1) is 12.6. The zero-order chi connectivity index (χ0) is 14.2. The van der Waals surface area contributed by atoms with E-state index in [4.69, 9.17) is 4.42 Å². The molecule has 7 nitrogen and oxygen atoms in total. The number of anilines is 1. The van der Waals surface area contributed by atoms with E-state index in [1.54, 1.807) is 19.2 Å². The standard InChI is InChI=1S/C13H15N5O2/c1-8-3-4-10(20-8)13(2,19)6-14-11-9-5-17-18-12(9)16-7-15-11/h3-5,7,19H,6H2,1-2H3,(H2,14,15,16,17,18). The van der Waals surface area contributed by atoms with Gasteiger partial charge in [0, 0.05) is 0 Å². The summed E-state index contributed by atoms with van der Waals surface area (Å²) >= 11 is 0. The van der Waals surface area contributed by atoms with Gasteiger partial charge in [-0.15, -0.1) is 0 Å². The Labute approximate surface area is 115 Å². The maximum absolute atomic E-state index is 10.5. The number of aromatic amines is 1. The fourth-order valence-corrected chi connectivity index (χ4v) is 1.97. The molecule has 1 unspecified atom stereocenters. The first-order valence-electron chi connectivity index (χ1n) is 6.23. The van der Waals surface area contributed by atoms with E-state index in [9.17, 15) is 5.11 Å². The van der Waals surface area contributed by atoms with E-state index in [2.05, 4.69) is 25.5 Å². The van der Waals surface area contributed by atoms with Crippen molar-refractivity contribution in [2.45, 2.75) is 19.4 Å². The van der Waals surface area contributed by atoms with E-state index in [0.717, 1.165) is 11.1 Å². The first-order valence-corrected chi connectivity index (χ1v) is 6.23. The van der Waals surface area contributed by atoms with Crippen molar-refractivity contribution in [1.29, 1.82) is 0 Å². The molecule has 0 saturated heterocycles. The number of nitrogens with zero attached hydrogens (tertiary/aromatic N) is 3. The number of furan rings is 1. The molecule has 0 bridgehead atoms. The summed E-state index contributed by atoms with van der Waals surface area (Å²) < 4.78 is 5.47. The molecule has 3 aromatic heterocycles. The third-order valence-electron chi connectivity index (χ3n) is 3.12. The summed E-state index contributed by atoms with van der Waals surface area (Å²) in [6.07, 6.45) is 3.08. The lowest BCUT2D eigenvalue weighted by atomic mass is 10.0. The van der Waals surface area contributed by atoms with Gasteiger partial charge < -0.3 is 14.8 Å². The third-order valence-corrected chi connectivity index (χ3v) is 3.12. The molecule has 3 heterocycles. The van der Waals surface area contributed by atoms with Crippen LogP contribution in [0.2, 0.25) is 0 Å². The van der Waals surface area contributed by atoms with Crippen molar-refractivity contribution in [3.8, 4) is 0 Å². The van der Waals surface area contributed by atoms with Gasteiger partial charge in [0.1, 0.15) is 29.3 Å². The highest BCUT2D eigenvalue weighted by atomic mass is 16.4. The zero-order valence-electron chi connectivity index (χ0n) is 11.2. The number of hydrogen-bond donors (Lipinski definition) is 3. The van der Waals surface area contributed by atoms with Crippen LogP contribution < -0.4 is 5.32 Å². The minimum absolute atomic E-state index is 0.261. The van der Waals surface area contributed by atoms with Crippen molar-refractivity contribution in [3.63, 3.8) is 0 Å². The number of hydrogen-bond acceptors (Lipinski definition) is 6. The van der Waals surface area contributed by atoms with Crippen LogP contribution >= 0.6 is 0 Å². The molecule has 3 N–H and O–H groups in total. The lowest BCUT2D eigenvalue weighted by Gasteiger charge is -2.21. The molecule has 0 aromatic carbocycles. The van der Waals surface area contributed by atoms with Gasteiger partial charge in [-0.25, -0.2) is 9.97 Å². The van der Waals surface area contributed by atoms with Crippen LogP contribution in [0.3, 0.4) is 0 Å². The number of aliphatic hydroxyl groups is 1. The Kier molecular flexibility index (Phi) is 2.90. The summed E-state index contributed by atoms with van der Waals surface area (Å²) in [5, 5.41) is 21.0. The van der Waals surface area contributed by atoms with Crippen LogP contribution in [-0.2, 0) is 5.60 Å². The summed E-state index contributed by atoms with van der Waals surface area (Å²) in [6, 6.07) is 3.59. The van der Waals surface area contributed by atoms with Gasteiger partial charge in [-0.05, 0) is 26.0 Å². The number of aromatic nitrogens is 4. The van der Waals surface area contributed by atoms with Crippen LogP contribution in [0.15, 0.2) is 29.1 Å². The van der Waals surface area contributed by atoms with Crippen molar-refractivity contribution < 1.29 is 9.52 Å². The van der Waals surface area contributed by atoms with Crippen LogP contribution in [0, 0.1) is 6.92 Å². The number of H-pyrrole nitrogens is 1. The molecule has 1 atom stereocenters. The fraction of sp³-hybridized carbons (Fsp3) is 0.308. The van der Waals surface area contributed by atoms with E-state index in [0.29, 0.717) is 17.2 Å². The number of nitrogens with one attached hydrogen (secondary N) is 2. The summed E-state index contributed by atoms with van der Waals surface area (Å²) in [7, 11) is 0. The summed E-state index contributed by atoms with van der Waals surface area (Å²) in [6.45, 7) is 3.79. The summed E-state index contributed by atoms with van der Waals surface area (Å²) in [5.74, 6) is 1.90. The maximum Gasteiger partial charge on any atom is 0.160 e. The van der Waals surface area contributed by atoms with Gasteiger partial charge in [-0.3, -0.25) is 5.10 Å². The Morgan fingerprint density at radius 3 is 3.00 bits per heavy atom. The lowest BCUT2D eigenvalue weighted by molar-refractivity contribution is 0.0467. The molecule has 0 aliphatic carbocycles. The number of aryl methyl sites for hydroxylation is 1. The van der Waals surface area contributed by atoms with Crippen LogP contribution in [-0.4, -0.2) is 31.8 Å². The van der Waals surface area contributed by atoms with Crippen LogP contribution in [0.1, 0.15) is 18.4 Å². The van der Waals surface area contributed by atoms with E-state index >= 15 is 0 Å². The highest BCUT2D eigenvalue weighted by Crippen LogP contribution is 2.24. The maximum atomic E-state index is 10.5. The van der Waals surface area contributed by atoms with Gasteiger partial charge in [-0.1, -0.05) is 0 Å². The Balaban J connectivity index is 1.80. The second-order valence-electron chi connectivity index (χ2n) is 4.89. The van der Waals surface area contributed by atoms with E-state index < -0.39 is 5.60 Å². The van der Waals surface area contributed by atoms with Crippen molar-refractivity contribution in [1.82, 2.24) is 20.2 Å². The molecular weight excluding hydrogens is 258 g/mol. The zero-order valence-corrected chi connectivity index (χ0v) is 11.2. The minimum atomic E-state index is -1.13. The van der Waals surface area contributed by atoms with Crippen molar-refractivity contribution in [2.24, 2.45) is 0 Å². The van der Waals surface area contributed by atoms with Gasteiger partial charge >= 0.3 is 0 Å². The van der Waals surface area contributed by atoms with Gasteiger partial charge in [0.25, 0.3) is 0 Å². The molecule has 0 aliphatic heterocycles. The first-order chi connectivity index (χ1) is 9.56. The van der Waals surface area contributed by atoms with Crippen molar-refractivity contribution in [3.05, 3.63) is 36.2 Å². The normalized spacial score (nSPS) is 14.3. The molecule has 0 radical (unpaired) electrons. The molecule has 3 aromatic rings. The molecule has 7 heteroatoms. The molecule has 3 rings (SSSR count). The predicted octanol–water partition coefficient (Wildman–Crippen LogP) is 1.57. The van der Waals surface area contributed by atoms with Crippen LogP contribution in [0.5, 0.6) is 0 Å². The molecule has 0 fully saturated rings. The Bertz CT molecular complexity index is 731. The Morgan fingerprint density at radius 2 is 2.25 bits per heavy atom. The molecule has 20 heavy (non-hydrogen) atoms. The smallest absolute Gasteiger partial charge is 0.160 e. The largest absolute Gasteiger partial charge is 0.463 e. The Morgan fingerprint density at radius 1 is 1.40 bits per heavy atom. The second kappa shape index (κ2) is 4.61. The van der Waals surface area contributed by atoms with Gasteiger partial charge in [-0.2, -0.15) is 5.10 Å². The van der Waals surface area contributed by atoms with Gasteiger partial charge in [0.05, 0.1) is 18.1 Å². The molecule has 0 amide bonds. The van der Waals surface area contributed by atoms with Gasteiger partial charge in [0.2, 0.25) is 0 Å². The molecule has 0 spiro atoms. The molecule has 0 aliphatic rings. The topological polar surface area (TPSA) is 99.9 Å². The molecule has 104 valence electrons. The van der Waals surface area contributed by atoms with E-state index in [1.165, 1.54) is 6.33 Å². The van der Waals surface area contributed by atoms with Gasteiger partial charge in [0.15, 0.2) is 5.65 Å². The second-order valence-corrected chi connectivity index (χ2v) is 4.89. The quantitative estimate of drug-likeness (QED) is 0.667. The average molecular weight is 273 g/mol. The Hall–Kier alpha value is -2.41. The lowest BCUT2D eigenvalue weighted by Crippen LogP contribution is -2.30. The number of rotatable bonds is 4. The predicted molar refractivity (Wildman–Crippen MR) is 73.2 cm³/mol. The average Bonchev–Trinajstić information content (AvgIpc) is 3.05. The minimum Gasteiger partial charge on any atom is -0.463 e.